The lowest BCUT2D eigenvalue weighted by Gasteiger charge is -2.06. The van der Waals surface area contributed by atoms with E-state index in [1.165, 1.54) is 0 Å². The fraction of sp³-hybridized carbons (Fsp3) is 0. The van der Waals surface area contributed by atoms with Gasteiger partial charge in [0.05, 0.1) is 5.69 Å². The Bertz CT molecular complexity index is 731. The molecule has 3 aromatic rings. The zero-order valence-corrected chi connectivity index (χ0v) is 10.7. The number of hydrogen-bond donors (Lipinski definition) is 2. The predicted octanol–water partition coefficient (Wildman–Crippen LogP) is 4.07. The number of benzene rings is 2. The summed E-state index contributed by atoms with van der Waals surface area (Å²) in [7, 11) is 0. The van der Waals surface area contributed by atoms with Crippen molar-refractivity contribution in [3.8, 4) is 0 Å². The van der Waals surface area contributed by atoms with Crippen molar-refractivity contribution in [2.45, 2.75) is 0 Å². The maximum atomic E-state index is 12.1. The van der Waals surface area contributed by atoms with Crippen molar-refractivity contribution in [2.24, 2.45) is 0 Å². The molecule has 1 aromatic heterocycles. The highest BCUT2D eigenvalue weighted by Crippen LogP contribution is 2.22. The Labute approximate surface area is 115 Å². The molecule has 0 aliphatic rings. The summed E-state index contributed by atoms with van der Waals surface area (Å²) in [6.45, 7) is 0. The van der Waals surface area contributed by atoms with Gasteiger partial charge in [0.1, 0.15) is 0 Å². The molecule has 1 amide bonds. The third-order valence-electron chi connectivity index (χ3n) is 2.95. The van der Waals surface area contributed by atoms with Gasteiger partial charge in [-0.1, -0.05) is 17.7 Å². The number of nitrogens with one attached hydrogen (secondary N) is 2. The van der Waals surface area contributed by atoms with E-state index in [-0.39, 0.29) is 5.91 Å². The minimum absolute atomic E-state index is 0.148. The minimum atomic E-state index is -0.148. The number of carbonyl (C=O) groups is 1. The molecular formula is C15H11ClN2O. The minimum Gasteiger partial charge on any atom is -0.361 e. The van der Waals surface area contributed by atoms with Crippen LogP contribution in [-0.2, 0) is 0 Å². The lowest BCUT2D eigenvalue weighted by Crippen LogP contribution is -2.11. The van der Waals surface area contributed by atoms with Gasteiger partial charge in [0.25, 0.3) is 5.91 Å². The van der Waals surface area contributed by atoms with Gasteiger partial charge in [-0.2, -0.15) is 0 Å². The summed E-state index contributed by atoms with van der Waals surface area (Å²) in [5.41, 5.74) is 2.37. The molecule has 4 heteroatoms. The van der Waals surface area contributed by atoms with Gasteiger partial charge in [0.15, 0.2) is 0 Å². The number of amides is 1. The van der Waals surface area contributed by atoms with Gasteiger partial charge in [-0.25, -0.2) is 0 Å². The van der Waals surface area contributed by atoms with Crippen LogP contribution >= 0.6 is 11.6 Å². The number of hydrogen-bond acceptors (Lipinski definition) is 1. The second-order valence-corrected chi connectivity index (χ2v) is 4.64. The van der Waals surface area contributed by atoms with Crippen LogP contribution < -0.4 is 5.32 Å². The fourth-order valence-corrected chi connectivity index (χ4v) is 2.12. The van der Waals surface area contributed by atoms with Gasteiger partial charge in [-0.15, -0.1) is 0 Å². The standard InChI is InChI=1S/C15H11ClN2O/c16-11-6-4-10(5-7-11)15(19)18-14-3-1-2-13-12(14)8-9-17-13/h1-9,17H,(H,18,19). The Balaban J connectivity index is 1.90. The largest absolute Gasteiger partial charge is 0.361 e. The molecule has 0 aliphatic carbocycles. The van der Waals surface area contributed by atoms with Gasteiger partial charge in [0, 0.05) is 27.7 Å². The highest BCUT2D eigenvalue weighted by Gasteiger charge is 2.08. The average molecular weight is 271 g/mol. The molecule has 0 aliphatic heterocycles. The van der Waals surface area contributed by atoms with E-state index in [1.54, 1.807) is 24.3 Å². The number of carbonyl (C=O) groups excluding carboxylic acids is 1. The van der Waals surface area contributed by atoms with Crippen LogP contribution in [0.25, 0.3) is 10.9 Å². The van der Waals surface area contributed by atoms with Crippen LogP contribution in [-0.4, -0.2) is 10.9 Å². The number of aromatic nitrogens is 1. The van der Waals surface area contributed by atoms with Crippen LogP contribution in [0.4, 0.5) is 5.69 Å². The van der Waals surface area contributed by atoms with Gasteiger partial charge in [0.2, 0.25) is 0 Å². The van der Waals surface area contributed by atoms with Crippen molar-refractivity contribution < 1.29 is 4.79 Å². The molecule has 0 unspecified atom stereocenters. The second kappa shape index (κ2) is 4.78. The van der Waals surface area contributed by atoms with Crippen molar-refractivity contribution >= 4 is 34.1 Å². The van der Waals surface area contributed by atoms with Gasteiger partial charge in [-0.05, 0) is 42.5 Å². The van der Waals surface area contributed by atoms with Crippen LogP contribution in [0.3, 0.4) is 0 Å². The zero-order valence-electron chi connectivity index (χ0n) is 9.98. The molecular weight excluding hydrogens is 260 g/mol. The van der Waals surface area contributed by atoms with E-state index in [2.05, 4.69) is 10.3 Å². The molecule has 3 nitrogen and oxygen atoms in total. The summed E-state index contributed by atoms with van der Waals surface area (Å²) in [6.07, 6.45) is 1.85. The van der Waals surface area contributed by atoms with E-state index in [0.717, 1.165) is 16.6 Å². The van der Waals surface area contributed by atoms with Crippen LogP contribution in [0, 0.1) is 0 Å². The molecule has 2 N–H and O–H groups in total. The summed E-state index contributed by atoms with van der Waals surface area (Å²) in [5, 5.41) is 4.51. The van der Waals surface area contributed by atoms with E-state index in [1.807, 2.05) is 30.5 Å². The Morgan fingerprint density at radius 1 is 1.05 bits per heavy atom. The van der Waals surface area contributed by atoms with E-state index in [0.29, 0.717) is 10.6 Å². The molecule has 0 bridgehead atoms. The molecule has 0 radical (unpaired) electrons. The highest BCUT2D eigenvalue weighted by molar-refractivity contribution is 6.30. The Morgan fingerprint density at radius 3 is 2.63 bits per heavy atom. The maximum absolute atomic E-state index is 12.1. The molecule has 0 fully saturated rings. The quantitative estimate of drug-likeness (QED) is 0.724. The lowest BCUT2D eigenvalue weighted by molar-refractivity contribution is 0.102. The van der Waals surface area contributed by atoms with Crippen LogP contribution in [0.15, 0.2) is 54.7 Å². The first kappa shape index (κ1) is 11.8. The first-order valence-corrected chi connectivity index (χ1v) is 6.25. The summed E-state index contributed by atoms with van der Waals surface area (Å²) in [4.78, 5) is 15.2. The third kappa shape index (κ3) is 2.33. The number of fused-ring (bicyclic) bond motifs is 1. The Kier molecular flexibility index (Phi) is 2.97. The summed E-state index contributed by atoms with van der Waals surface area (Å²) in [6, 6.07) is 14.5. The average Bonchev–Trinajstić information content (AvgIpc) is 2.89. The van der Waals surface area contributed by atoms with Crippen molar-refractivity contribution in [3.63, 3.8) is 0 Å². The summed E-state index contributed by atoms with van der Waals surface area (Å²) < 4.78 is 0. The molecule has 0 spiro atoms. The van der Waals surface area contributed by atoms with Crippen molar-refractivity contribution in [1.82, 2.24) is 4.98 Å². The Morgan fingerprint density at radius 2 is 1.84 bits per heavy atom. The van der Waals surface area contributed by atoms with E-state index in [4.69, 9.17) is 11.6 Å². The van der Waals surface area contributed by atoms with Gasteiger partial charge < -0.3 is 10.3 Å². The lowest BCUT2D eigenvalue weighted by atomic mass is 10.2. The third-order valence-corrected chi connectivity index (χ3v) is 3.20. The molecule has 0 atom stereocenters. The first-order chi connectivity index (χ1) is 9.24. The number of anilines is 1. The maximum Gasteiger partial charge on any atom is 0.255 e. The zero-order chi connectivity index (χ0) is 13.2. The first-order valence-electron chi connectivity index (χ1n) is 5.87. The summed E-state index contributed by atoms with van der Waals surface area (Å²) in [5.74, 6) is -0.148. The summed E-state index contributed by atoms with van der Waals surface area (Å²) >= 11 is 5.80. The fourth-order valence-electron chi connectivity index (χ4n) is 1.99. The molecule has 0 saturated heterocycles. The van der Waals surface area contributed by atoms with Gasteiger partial charge in [-0.3, -0.25) is 4.79 Å². The Hall–Kier alpha value is -2.26. The SMILES string of the molecule is O=C(Nc1cccc2[nH]ccc12)c1ccc(Cl)cc1. The van der Waals surface area contributed by atoms with Crippen LogP contribution in [0.5, 0.6) is 0 Å². The smallest absolute Gasteiger partial charge is 0.255 e. The topological polar surface area (TPSA) is 44.9 Å². The van der Waals surface area contributed by atoms with Crippen LogP contribution in [0.2, 0.25) is 5.02 Å². The monoisotopic (exact) mass is 270 g/mol. The normalized spacial score (nSPS) is 10.6. The van der Waals surface area contributed by atoms with Crippen molar-refractivity contribution in [1.29, 1.82) is 0 Å². The van der Waals surface area contributed by atoms with E-state index in [9.17, 15) is 4.79 Å². The number of aromatic amines is 1. The molecule has 0 saturated carbocycles. The number of H-pyrrole nitrogens is 1. The number of halogens is 1. The molecule has 19 heavy (non-hydrogen) atoms. The molecule has 94 valence electrons. The predicted molar refractivity (Wildman–Crippen MR) is 77.7 cm³/mol. The highest BCUT2D eigenvalue weighted by atomic mass is 35.5. The second-order valence-electron chi connectivity index (χ2n) is 4.21. The van der Waals surface area contributed by atoms with Crippen molar-refractivity contribution in [2.75, 3.05) is 5.32 Å². The van der Waals surface area contributed by atoms with Gasteiger partial charge >= 0.3 is 0 Å². The number of rotatable bonds is 2. The molecule has 2 aromatic carbocycles. The van der Waals surface area contributed by atoms with E-state index < -0.39 is 0 Å². The molecule has 1 heterocycles. The van der Waals surface area contributed by atoms with E-state index >= 15 is 0 Å². The van der Waals surface area contributed by atoms with Crippen LogP contribution in [0.1, 0.15) is 10.4 Å². The van der Waals surface area contributed by atoms with Crippen molar-refractivity contribution in [3.05, 3.63) is 65.3 Å². The molecule has 3 rings (SSSR count).